The van der Waals surface area contributed by atoms with Gasteiger partial charge in [0.05, 0.1) is 22.8 Å². The molecule has 0 spiro atoms. The van der Waals surface area contributed by atoms with E-state index in [2.05, 4.69) is 0 Å². The second-order valence-corrected chi connectivity index (χ2v) is 4.63. The highest BCUT2D eigenvalue weighted by atomic mass is 35.5. The van der Waals surface area contributed by atoms with E-state index in [0.29, 0.717) is 5.56 Å². The van der Waals surface area contributed by atoms with Crippen molar-refractivity contribution in [2.45, 2.75) is 13.0 Å². The molecule has 0 aliphatic rings. The van der Waals surface area contributed by atoms with Gasteiger partial charge in [-0.2, -0.15) is 5.26 Å². The summed E-state index contributed by atoms with van der Waals surface area (Å²) in [5.41, 5.74) is 0.855. The van der Waals surface area contributed by atoms with E-state index in [-0.39, 0.29) is 22.1 Å². The number of rotatable bonds is 3. The maximum Gasteiger partial charge on any atom is 0.167 e. The summed E-state index contributed by atoms with van der Waals surface area (Å²) in [6.07, 6.45) is -0.645. The molecule has 3 nitrogen and oxygen atoms in total. The van der Waals surface area contributed by atoms with E-state index in [1.54, 1.807) is 25.1 Å². The number of benzene rings is 2. The number of ether oxygens (including phenoxy) is 1. The van der Waals surface area contributed by atoms with Crippen LogP contribution < -0.4 is 4.74 Å². The van der Waals surface area contributed by atoms with Gasteiger partial charge in [0, 0.05) is 0 Å². The average molecular weight is 292 g/mol. The Balaban J connectivity index is 2.29. The molecule has 102 valence electrons. The molecule has 20 heavy (non-hydrogen) atoms. The van der Waals surface area contributed by atoms with Gasteiger partial charge in [-0.3, -0.25) is 0 Å². The van der Waals surface area contributed by atoms with E-state index in [0.717, 1.165) is 6.07 Å². The first-order chi connectivity index (χ1) is 9.51. The summed E-state index contributed by atoms with van der Waals surface area (Å²) >= 11 is 6.02. The summed E-state index contributed by atoms with van der Waals surface area (Å²) < 4.78 is 19.1. The van der Waals surface area contributed by atoms with Gasteiger partial charge in [0.15, 0.2) is 11.6 Å². The van der Waals surface area contributed by atoms with E-state index >= 15 is 0 Å². The molecule has 0 unspecified atom stereocenters. The zero-order valence-corrected chi connectivity index (χ0v) is 11.4. The molecule has 0 bridgehead atoms. The van der Waals surface area contributed by atoms with Gasteiger partial charge in [0.1, 0.15) is 5.75 Å². The van der Waals surface area contributed by atoms with Gasteiger partial charge in [0.25, 0.3) is 0 Å². The lowest BCUT2D eigenvalue weighted by molar-refractivity contribution is 0.199. The Kier molecular flexibility index (Phi) is 4.23. The Morgan fingerprint density at radius 1 is 1.25 bits per heavy atom. The third-order valence-corrected chi connectivity index (χ3v) is 3.01. The number of aliphatic hydroxyl groups is 1. The Morgan fingerprint density at radius 2 is 1.95 bits per heavy atom. The second kappa shape index (κ2) is 5.91. The van der Waals surface area contributed by atoms with Gasteiger partial charge in [0.2, 0.25) is 0 Å². The lowest BCUT2D eigenvalue weighted by Gasteiger charge is -2.11. The number of nitriles is 1. The van der Waals surface area contributed by atoms with Crippen LogP contribution >= 0.6 is 11.6 Å². The quantitative estimate of drug-likeness (QED) is 0.922. The van der Waals surface area contributed by atoms with Gasteiger partial charge >= 0.3 is 0 Å². The molecular weight excluding hydrogens is 281 g/mol. The van der Waals surface area contributed by atoms with Crippen LogP contribution in [-0.2, 0) is 0 Å². The summed E-state index contributed by atoms with van der Waals surface area (Å²) in [7, 11) is 0. The lowest BCUT2D eigenvalue weighted by Crippen LogP contribution is -1.93. The third kappa shape index (κ3) is 3.08. The Hall–Kier alpha value is -2.09. The molecule has 2 aromatic rings. The van der Waals surface area contributed by atoms with Crippen molar-refractivity contribution < 1.29 is 14.2 Å². The van der Waals surface area contributed by atoms with Crippen LogP contribution in [0.4, 0.5) is 4.39 Å². The van der Waals surface area contributed by atoms with Crippen molar-refractivity contribution in [2.75, 3.05) is 0 Å². The monoisotopic (exact) mass is 291 g/mol. The fraction of sp³-hybridized carbons (Fsp3) is 0.133. The predicted molar refractivity (Wildman–Crippen MR) is 73.3 cm³/mol. The Bertz CT molecular complexity index is 680. The normalized spacial score (nSPS) is 11.8. The van der Waals surface area contributed by atoms with Crippen LogP contribution in [0.25, 0.3) is 0 Å². The SMILES string of the molecule is C[C@H](O)c1ccc(Oc2ccc(C#N)cc2F)c(Cl)c1. The van der Waals surface area contributed by atoms with Gasteiger partial charge < -0.3 is 9.84 Å². The van der Waals surface area contributed by atoms with Crippen LogP contribution in [0, 0.1) is 17.1 Å². The van der Waals surface area contributed by atoms with Crippen LogP contribution in [0.3, 0.4) is 0 Å². The number of aliphatic hydroxyl groups excluding tert-OH is 1. The van der Waals surface area contributed by atoms with Gasteiger partial charge in [-0.1, -0.05) is 17.7 Å². The van der Waals surface area contributed by atoms with Gasteiger partial charge in [-0.25, -0.2) is 4.39 Å². The van der Waals surface area contributed by atoms with Crippen molar-refractivity contribution in [3.8, 4) is 17.6 Å². The first kappa shape index (κ1) is 14.3. The molecule has 0 fully saturated rings. The molecule has 0 aliphatic carbocycles. The molecule has 1 atom stereocenters. The summed E-state index contributed by atoms with van der Waals surface area (Å²) in [5.74, 6) is -0.380. The standard InChI is InChI=1S/C15H11ClFNO2/c1-9(19)11-3-5-14(12(16)7-11)20-15-4-2-10(8-18)6-13(15)17/h2-7,9,19H,1H3/t9-/m0/s1. The van der Waals surface area contributed by atoms with Crippen molar-refractivity contribution in [3.05, 3.63) is 58.4 Å². The predicted octanol–water partition coefficient (Wildman–Crippen LogP) is 4.20. The maximum absolute atomic E-state index is 13.7. The number of hydrogen-bond acceptors (Lipinski definition) is 3. The van der Waals surface area contributed by atoms with E-state index < -0.39 is 11.9 Å². The number of nitrogens with zero attached hydrogens (tertiary/aromatic N) is 1. The first-order valence-corrected chi connectivity index (χ1v) is 6.24. The molecule has 2 aromatic carbocycles. The van der Waals surface area contributed by atoms with Crippen molar-refractivity contribution in [1.29, 1.82) is 5.26 Å². The summed E-state index contributed by atoms with van der Waals surface area (Å²) in [4.78, 5) is 0. The minimum absolute atomic E-state index is 0.0179. The van der Waals surface area contributed by atoms with Crippen LogP contribution in [0.5, 0.6) is 11.5 Å². The highest BCUT2D eigenvalue weighted by Gasteiger charge is 2.10. The zero-order chi connectivity index (χ0) is 14.7. The third-order valence-electron chi connectivity index (χ3n) is 2.72. The fourth-order valence-electron chi connectivity index (χ4n) is 1.63. The highest BCUT2D eigenvalue weighted by molar-refractivity contribution is 6.32. The molecule has 0 saturated carbocycles. The largest absolute Gasteiger partial charge is 0.453 e. The Morgan fingerprint density at radius 3 is 2.50 bits per heavy atom. The van der Waals surface area contributed by atoms with Crippen LogP contribution in [0.1, 0.15) is 24.2 Å². The molecule has 0 radical (unpaired) electrons. The Labute approximate surface area is 120 Å². The van der Waals surface area contributed by atoms with E-state index in [1.165, 1.54) is 12.1 Å². The molecular formula is C15H11ClFNO2. The van der Waals surface area contributed by atoms with Crippen LogP contribution in [0.2, 0.25) is 5.02 Å². The van der Waals surface area contributed by atoms with Crippen molar-refractivity contribution in [2.24, 2.45) is 0 Å². The zero-order valence-electron chi connectivity index (χ0n) is 10.6. The van der Waals surface area contributed by atoms with Crippen molar-refractivity contribution in [3.63, 3.8) is 0 Å². The summed E-state index contributed by atoms with van der Waals surface area (Å²) in [6, 6.07) is 10.5. The van der Waals surface area contributed by atoms with Gasteiger partial charge in [-0.15, -0.1) is 0 Å². The van der Waals surface area contributed by atoms with E-state index in [1.807, 2.05) is 6.07 Å². The second-order valence-electron chi connectivity index (χ2n) is 4.22. The molecule has 0 saturated heterocycles. The highest BCUT2D eigenvalue weighted by Crippen LogP contribution is 2.32. The van der Waals surface area contributed by atoms with E-state index in [4.69, 9.17) is 21.6 Å². The molecule has 0 aromatic heterocycles. The fourth-order valence-corrected chi connectivity index (χ4v) is 1.86. The van der Waals surface area contributed by atoms with Crippen LogP contribution in [-0.4, -0.2) is 5.11 Å². The molecule has 2 rings (SSSR count). The number of halogens is 2. The van der Waals surface area contributed by atoms with Crippen molar-refractivity contribution in [1.82, 2.24) is 0 Å². The smallest absolute Gasteiger partial charge is 0.167 e. The topological polar surface area (TPSA) is 53.2 Å². The van der Waals surface area contributed by atoms with Gasteiger partial charge in [-0.05, 0) is 42.8 Å². The van der Waals surface area contributed by atoms with Crippen molar-refractivity contribution >= 4 is 11.6 Å². The minimum atomic E-state index is -0.645. The first-order valence-electron chi connectivity index (χ1n) is 5.86. The molecule has 1 N–H and O–H groups in total. The molecule has 0 aliphatic heterocycles. The minimum Gasteiger partial charge on any atom is -0.453 e. The summed E-state index contributed by atoms with van der Waals surface area (Å²) in [5, 5.41) is 18.4. The van der Waals surface area contributed by atoms with Crippen LogP contribution in [0.15, 0.2) is 36.4 Å². The maximum atomic E-state index is 13.7. The molecule has 0 amide bonds. The lowest BCUT2D eigenvalue weighted by atomic mass is 10.1. The van der Waals surface area contributed by atoms with E-state index in [9.17, 15) is 9.50 Å². The molecule has 5 heteroatoms. The molecule has 0 heterocycles. The average Bonchev–Trinajstić information content (AvgIpc) is 2.42. The number of hydrogen-bond donors (Lipinski definition) is 1. The summed E-state index contributed by atoms with van der Waals surface area (Å²) in [6.45, 7) is 1.62.